The first-order valence-corrected chi connectivity index (χ1v) is 7.13. The Balaban J connectivity index is 2.78. The molecule has 0 saturated heterocycles. The molecule has 0 aliphatic carbocycles. The summed E-state index contributed by atoms with van der Waals surface area (Å²) in [6.07, 6.45) is -11.6. The van der Waals surface area contributed by atoms with Crippen molar-refractivity contribution < 1.29 is 45.8 Å². The maximum atomic E-state index is 13.8. The van der Waals surface area contributed by atoms with Crippen LogP contribution < -0.4 is 4.74 Å². The van der Waals surface area contributed by atoms with Crippen LogP contribution in [-0.4, -0.2) is 29.9 Å². The van der Waals surface area contributed by atoms with Crippen molar-refractivity contribution >= 4 is 12.4 Å². The van der Waals surface area contributed by atoms with Crippen LogP contribution in [0.2, 0.25) is 0 Å². The van der Waals surface area contributed by atoms with E-state index < -0.39 is 40.4 Å². The van der Waals surface area contributed by atoms with Crippen LogP contribution in [0.4, 0.5) is 26.3 Å². The molecule has 2 aromatic carbocycles. The maximum Gasteiger partial charge on any atom is 0.411 e. The fourth-order valence-electron chi connectivity index (χ4n) is 2.68. The van der Waals surface area contributed by atoms with E-state index in [1.165, 1.54) is 0 Å². The molecule has 0 amide bonds. The zero-order valence-corrected chi connectivity index (χ0v) is 13.1. The Kier molecular flexibility index (Phi) is 5.21. The molecule has 1 N–H and O–H groups in total. The smallest absolute Gasteiger partial charge is 0.411 e. The van der Waals surface area contributed by atoms with Gasteiger partial charge in [0.1, 0.15) is 5.75 Å². The summed E-state index contributed by atoms with van der Waals surface area (Å²) in [7, 11) is 0. The van der Waals surface area contributed by atoms with Crippen LogP contribution in [0.3, 0.4) is 0 Å². The van der Waals surface area contributed by atoms with Gasteiger partial charge in [-0.15, -0.1) is 0 Å². The number of rotatable bonds is 5. The van der Waals surface area contributed by atoms with E-state index in [2.05, 4.69) is 4.74 Å². The highest BCUT2D eigenvalue weighted by Gasteiger charge is 2.72. The highest BCUT2D eigenvalue weighted by atomic mass is 19.4. The number of hydrogen-bond acceptors (Lipinski definition) is 3. The molecule has 27 heavy (non-hydrogen) atoms. The third-order valence-corrected chi connectivity index (χ3v) is 3.89. The SMILES string of the molecule is O=COc1ccc(C(c2ccc(C(=O)O)cc2)(C(F)(F)F)C(F)(F)F)cc1. The molecule has 0 aliphatic heterocycles. The quantitative estimate of drug-likeness (QED) is 0.608. The van der Waals surface area contributed by atoms with Gasteiger partial charge in [0, 0.05) is 0 Å². The van der Waals surface area contributed by atoms with E-state index >= 15 is 0 Å². The number of ether oxygens (including phenoxy) is 1. The van der Waals surface area contributed by atoms with Crippen LogP contribution in [0.5, 0.6) is 5.75 Å². The summed E-state index contributed by atoms with van der Waals surface area (Å²) in [5, 5.41) is 8.81. The predicted molar refractivity (Wildman–Crippen MR) is 79.4 cm³/mol. The topological polar surface area (TPSA) is 63.6 Å². The maximum absolute atomic E-state index is 13.8. The number of halogens is 6. The summed E-state index contributed by atoms with van der Waals surface area (Å²) >= 11 is 0. The van der Waals surface area contributed by atoms with Crippen molar-refractivity contribution in [2.24, 2.45) is 0 Å². The molecule has 144 valence electrons. The van der Waals surface area contributed by atoms with Crippen molar-refractivity contribution in [3.63, 3.8) is 0 Å². The lowest BCUT2D eigenvalue weighted by molar-refractivity contribution is -0.288. The largest absolute Gasteiger partial charge is 0.478 e. The van der Waals surface area contributed by atoms with Gasteiger partial charge in [-0.3, -0.25) is 4.79 Å². The summed E-state index contributed by atoms with van der Waals surface area (Å²) < 4.78 is 87.3. The van der Waals surface area contributed by atoms with Crippen molar-refractivity contribution in [3.8, 4) is 5.75 Å². The minimum Gasteiger partial charge on any atom is -0.478 e. The Morgan fingerprint density at radius 2 is 1.22 bits per heavy atom. The second-order valence-electron chi connectivity index (χ2n) is 5.37. The fourth-order valence-corrected chi connectivity index (χ4v) is 2.68. The monoisotopic (exact) mass is 392 g/mol. The van der Waals surface area contributed by atoms with E-state index in [-0.39, 0.29) is 12.2 Å². The van der Waals surface area contributed by atoms with Crippen LogP contribution in [0.1, 0.15) is 21.5 Å². The highest BCUT2D eigenvalue weighted by molar-refractivity contribution is 5.87. The Hall–Kier alpha value is -3.04. The number of carboxylic acids is 1. The van der Waals surface area contributed by atoms with E-state index in [0.717, 1.165) is 12.1 Å². The molecular formula is C17H10F6O4. The van der Waals surface area contributed by atoms with Crippen molar-refractivity contribution in [2.45, 2.75) is 17.8 Å². The number of carbonyl (C=O) groups is 2. The molecule has 0 atom stereocenters. The molecule has 0 heterocycles. The Morgan fingerprint density at radius 1 is 0.815 bits per heavy atom. The van der Waals surface area contributed by atoms with Crippen LogP contribution in [0.15, 0.2) is 48.5 Å². The summed E-state index contributed by atoms with van der Waals surface area (Å²) in [5.74, 6) is -1.74. The zero-order valence-electron chi connectivity index (χ0n) is 13.1. The Labute approximate surface area is 148 Å². The van der Waals surface area contributed by atoms with E-state index in [9.17, 15) is 35.9 Å². The third kappa shape index (κ3) is 3.46. The van der Waals surface area contributed by atoms with Crippen molar-refractivity contribution in [3.05, 3.63) is 65.2 Å². The first-order valence-electron chi connectivity index (χ1n) is 7.13. The molecule has 0 bridgehead atoms. The predicted octanol–water partition coefficient (Wildman–Crippen LogP) is 4.33. The second-order valence-corrected chi connectivity index (χ2v) is 5.37. The highest BCUT2D eigenvalue weighted by Crippen LogP contribution is 2.56. The van der Waals surface area contributed by atoms with Gasteiger partial charge in [-0.25, -0.2) is 4.79 Å². The van der Waals surface area contributed by atoms with Crippen molar-refractivity contribution in [1.29, 1.82) is 0 Å². The average molecular weight is 392 g/mol. The number of benzene rings is 2. The molecule has 0 aromatic heterocycles. The molecule has 0 fully saturated rings. The lowest BCUT2D eigenvalue weighted by Gasteiger charge is -2.38. The van der Waals surface area contributed by atoms with Crippen LogP contribution in [0, 0.1) is 0 Å². The van der Waals surface area contributed by atoms with E-state index in [1.807, 2.05) is 0 Å². The molecule has 0 radical (unpaired) electrons. The zero-order chi connectivity index (χ0) is 20.5. The molecular weight excluding hydrogens is 382 g/mol. The van der Waals surface area contributed by atoms with Crippen LogP contribution in [0.25, 0.3) is 0 Å². The number of carboxylic acid groups (broad SMARTS) is 1. The van der Waals surface area contributed by atoms with Crippen LogP contribution in [-0.2, 0) is 10.2 Å². The minimum atomic E-state index is -5.80. The van der Waals surface area contributed by atoms with Gasteiger partial charge < -0.3 is 9.84 Å². The Morgan fingerprint density at radius 3 is 1.56 bits per heavy atom. The molecule has 2 aromatic rings. The molecule has 4 nitrogen and oxygen atoms in total. The molecule has 0 unspecified atom stereocenters. The molecule has 0 saturated carbocycles. The molecule has 0 aliphatic rings. The number of alkyl halides is 6. The molecule has 2 rings (SSSR count). The van der Waals surface area contributed by atoms with Gasteiger partial charge in [-0.2, -0.15) is 26.3 Å². The van der Waals surface area contributed by atoms with Crippen molar-refractivity contribution in [1.82, 2.24) is 0 Å². The van der Waals surface area contributed by atoms with E-state index in [0.29, 0.717) is 36.4 Å². The minimum absolute atomic E-state index is 0.0274. The third-order valence-electron chi connectivity index (χ3n) is 3.89. The first kappa shape index (κ1) is 20.3. The molecule has 10 heteroatoms. The van der Waals surface area contributed by atoms with E-state index in [4.69, 9.17) is 5.11 Å². The van der Waals surface area contributed by atoms with Crippen molar-refractivity contribution in [2.75, 3.05) is 0 Å². The number of hydrogen-bond donors (Lipinski definition) is 1. The lowest BCUT2D eigenvalue weighted by Crippen LogP contribution is -2.54. The van der Waals surface area contributed by atoms with Gasteiger partial charge in [0.25, 0.3) is 6.47 Å². The summed E-state index contributed by atoms with van der Waals surface area (Å²) in [6, 6.07) is 4.95. The average Bonchev–Trinajstić information content (AvgIpc) is 2.55. The van der Waals surface area contributed by atoms with Gasteiger partial charge >= 0.3 is 18.3 Å². The van der Waals surface area contributed by atoms with E-state index in [1.54, 1.807) is 0 Å². The fraction of sp³-hybridized carbons (Fsp3) is 0.176. The van der Waals surface area contributed by atoms with Gasteiger partial charge in [-0.1, -0.05) is 24.3 Å². The number of carbonyl (C=O) groups excluding carboxylic acids is 1. The lowest BCUT2D eigenvalue weighted by atomic mass is 9.72. The van der Waals surface area contributed by atoms with Crippen LogP contribution >= 0.6 is 0 Å². The summed E-state index contributed by atoms with van der Waals surface area (Å²) in [5.41, 5.74) is -7.23. The standard InChI is InChI=1S/C17H10F6O4/c18-16(19,20)15(17(21,22)23,11-3-1-10(2-4-11)14(25)26)12-5-7-13(8-6-12)27-9-24/h1-9H,(H,25,26). The normalized spacial score (nSPS) is 12.5. The van der Waals surface area contributed by atoms with Gasteiger partial charge in [0.2, 0.25) is 5.41 Å². The van der Waals surface area contributed by atoms with Gasteiger partial charge in [0.05, 0.1) is 5.56 Å². The first-order chi connectivity index (χ1) is 12.4. The summed E-state index contributed by atoms with van der Waals surface area (Å²) in [4.78, 5) is 21.1. The second kappa shape index (κ2) is 6.93. The Bertz CT molecular complexity index is 808. The summed E-state index contributed by atoms with van der Waals surface area (Å²) in [6.45, 7) is -0.0274. The van der Waals surface area contributed by atoms with Gasteiger partial charge in [-0.05, 0) is 35.4 Å². The molecule has 0 spiro atoms. The number of aromatic carboxylic acids is 1. The van der Waals surface area contributed by atoms with Gasteiger partial charge in [0.15, 0.2) is 0 Å².